The van der Waals surface area contributed by atoms with Crippen LogP contribution < -0.4 is 5.32 Å². The van der Waals surface area contributed by atoms with Crippen LogP contribution in [0.2, 0.25) is 0 Å². The molecule has 1 saturated heterocycles. The van der Waals surface area contributed by atoms with Crippen molar-refractivity contribution in [3.63, 3.8) is 0 Å². The van der Waals surface area contributed by atoms with Crippen LogP contribution in [-0.2, 0) is 16.0 Å². The van der Waals surface area contributed by atoms with E-state index >= 15 is 0 Å². The van der Waals surface area contributed by atoms with E-state index in [0.717, 1.165) is 18.4 Å². The third-order valence-electron chi connectivity index (χ3n) is 4.91. The molecule has 1 aromatic carbocycles. The van der Waals surface area contributed by atoms with Gasteiger partial charge in [0, 0.05) is 25.6 Å². The normalized spacial score (nSPS) is 17.6. The maximum absolute atomic E-state index is 13.4. The van der Waals surface area contributed by atoms with E-state index in [1.165, 1.54) is 16.8 Å². The Morgan fingerprint density at radius 2 is 2.10 bits per heavy atom. The Labute approximate surface area is 168 Å². The molecule has 10 heteroatoms. The topological polar surface area (TPSA) is 102 Å². The van der Waals surface area contributed by atoms with Crippen LogP contribution >= 0.6 is 0 Å². The Morgan fingerprint density at radius 3 is 2.76 bits per heavy atom. The van der Waals surface area contributed by atoms with E-state index < -0.39 is 12.1 Å². The van der Waals surface area contributed by atoms with E-state index in [-0.39, 0.29) is 17.8 Å². The molecule has 1 aliphatic rings. The monoisotopic (exact) mass is 404 g/mol. The van der Waals surface area contributed by atoms with E-state index in [2.05, 4.69) is 20.8 Å². The summed E-state index contributed by atoms with van der Waals surface area (Å²) in [4.78, 5) is 26.8. The van der Waals surface area contributed by atoms with Crippen LogP contribution in [0.3, 0.4) is 0 Å². The quantitative estimate of drug-likeness (QED) is 0.785. The van der Waals surface area contributed by atoms with Gasteiger partial charge in [-0.2, -0.15) is 0 Å². The summed E-state index contributed by atoms with van der Waals surface area (Å²) in [7, 11) is 0. The molecular formula is C19H25FN6O3. The summed E-state index contributed by atoms with van der Waals surface area (Å²) >= 11 is 0. The molecule has 0 radical (unpaired) electrons. The van der Waals surface area contributed by atoms with Gasteiger partial charge in [-0.1, -0.05) is 12.1 Å². The molecule has 1 aromatic heterocycles. The lowest BCUT2D eigenvalue weighted by molar-refractivity contribution is -0.136. The highest BCUT2D eigenvalue weighted by atomic mass is 19.1. The number of hydrogen-bond donors (Lipinski definition) is 1. The van der Waals surface area contributed by atoms with Gasteiger partial charge in [-0.15, -0.1) is 5.10 Å². The molecule has 2 amide bonds. The molecule has 2 atom stereocenters. The third kappa shape index (κ3) is 5.27. The number of carbonyl (C=O) groups is 2. The minimum absolute atomic E-state index is 0.139. The number of ether oxygens (including phenoxy) is 1. The van der Waals surface area contributed by atoms with Gasteiger partial charge < -0.3 is 15.0 Å². The SMILES string of the molecule is CCOC(=O)N[C@@H]1CCCN(C(=O)[C@@H](Cc2ccc(F)cc2)n2nnnc2C)C1. The maximum atomic E-state index is 13.4. The Bertz CT molecular complexity index is 841. The van der Waals surface area contributed by atoms with Gasteiger partial charge in [-0.3, -0.25) is 4.79 Å². The number of rotatable bonds is 6. The molecule has 29 heavy (non-hydrogen) atoms. The van der Waals surface area contributed by atoms with Gasteiger partial charge in [0.15, 0.2) is 0 Å². The van der Waals surface area contributed by atoms with Gasteiger partial charge >= 0.3 is 6.09 Å². The predicted octanol–water partition coefficient (Wildman–Crippen LogP) is 1.64. The first-order valence-electron chi connectivity index (χ1n) is 9.69. The summed E-state index contributed by atoms with van der Waals surface area (Å²) in [5.41, 5.74) is 0.804. The second-order valence-corrected chi connectivity index (χ2v) is 7.01. The number of amides is 2. The number of aromatic nitrogens is 4. The lowest BCUT2D eigenvalue weighted by atomic mass is 10.0. The average Bonchev–Trinajstić information content (AvgIpc) is 3.13. The van der Waals surface area contributed by atoms with Crippen molar-refractivity contribution in [3.8, 4) is 0 Å². The zero-order chi connectivity index (χ0) is 20.8. The number of piperidine rings is 1. The van der Waals surface area contributed by atoms with Crippen molar-refractivity contribution in [3.05, 3.63) is 41.5 Å². The summed E-state index contributed by atoms with van der Waals surface area (Å²) in [6.45, 7) is 4.73. The van der Waals surface area contributed by atoms with Crippen molar-refractivity contribution in [2.75, 3.05) is 19.7 Å². The fraction of sp³-hybridized carbons (Fsp3) is 0.526. The van der Waals surface area contributed by atoms with E-state index in [1.54, 1.807) is 30.9 Å². The Hall–Kier alpha value is -3.04. The van der Waals surface area contributed by atoms with Crippen molar-refractivity contribution < 1.29 is 18.7 Å². The van der Waals surface area contributed by atoms with Crippen molar-refractivity contribution in [2.45, 2.75) is 45.2 Å². The molecule has 2 aromatic rings. The predicted molar refractivity (Wildman–Crippen MR) is 101 cm³/mol. The number of benzene rings is 1. The zero-order valence-corrected chi connectivity index (χ0v) is 16.5. The molecule has 0 saturated carbocycles. The van der Waals surface area contributed by atoms with Crippen LogP contribution in [0.5, 0.6) is 0 Å². The molecule has 2 heterocycles. The van der Waals surface area contributed by atoms with Gasteiger partial charge in [0.05, 0.1) is 6.61 Å². The number of alkyl carbamates (subject to hydrolysis) is 1. The molecule has 156 valence electrons. The molecule has 3 rings (SSSR count). The Kier molecular flexibility index (Phi) is 6.73. The molecule has 9 nitrogen and oxygen atoms in total. The molecule has 0 spiro atoms. The van der Waals surface area contributed by atoms with Crippen LogP contribution in [0.25, 0.3) is 0 Å². The number of likely N-dealkylation sites (tertiary alicyclic amines) is 1. The van der Waals surface area contributed by atoms with Gasteiger partial charge in [0.2, 0.25) is 5.91 Å². The van der Waals surface area contributed by atoms with E-state index in [9.17, 15) is 14.0 Å². The summed E-state index contributed by atoms with van der Waals surface area (Å²) in [6.07, 6.45) is 1.39. The van der Waals surface area contributed by atoms with Crippen LogP contribution in [0.15, 0.2) is 24.3 Å². The number of halogens is 1. The first-order chi connectivity index (χ1) is 14.0. The Balaban J connectivity index is 1.76. The number of tetrazole rings is 1. The van der Waals surface area contributed by atoms with E-state index in [1.807, 2.05) is 0 Å². The highest BCUT2D eigenvalue weighted by Crippen LogP contribution is 2.21. The number of nitrogens with zero attached hydrogens (tertiary/aromatic N) is 5. The Morgan fingerprint density at radius 1 is 1.34 bits per heavy atom. The van der Waals surface area contributed by atoms with Gasteiger partial charge in [0.1, 0.15) is 17.7 Å². The van der Waals surface area contributed by atoms with Crippen molar-refractivity contribution in [2.24, 2.45) is 0 Å². The lowest BCUT2D eigenvalue weighted by Crippen LogP contribution is -2.51. The second kappa shape index (κ2) is 9.44. The van der Waals surface area contributed by atoms with E-state index in [4.69, 9.17) is 4.74 Å². The first kappa shape index (κ1) is 20.7. The smallest absolute Gasteiger partial charge is 0.407 e. The molecule has 1 aliphatic heterocycles. The first-order valence-corrected chi connectivity index (χ1v) is 9.69. The van der Waals surface area contributed by atoms with Crippen molar-refractivity contribution in [1.29, 1.82) is 0 Å². The molecule has 1 N–H and O–H groups in total. The minimum Gasteiger partial charge on any atom is -0.450 e. The third-order valence-corrected chi connectivity index (χ3v) is 4.91. The second-order valence-electron chi connectivity index (χ2n) is 7.01. The largest absolute Gasteiger partial charge is 0.450 e. The zero-order valence-electron chi connectivity index (χ0n) is 16.5. The minimum atomic E-state index is -0.656. The molecule has 0 unspecified atom stereocenters. The van der Waals surface area contributed by atoms with Crippen LogP contribution in [0.1, 0.15) is 37.2 Å². The maximum Gasteiger partial charge on any atom is 0.407 e. The van der Waals surface area contributed by atoms with E-state index in [0.29, 0.717) is 31.9 Å². The lowest BCUT2D eigenvalue weighted by Gasteiger charge is -2.35. The number of aryl methyl sites for hydroxylation is 1. The summed E-state index contributed by atoms with van der Waals surface area (Å²) in [6, 6.07) is 5.20. The molecule has 1 fully saturated rings. The fourth-order valence-corrected chi connectivity index (χ4v) is 3.49. The molecule has 0 aliphatic carbocycles. The number of nitrogens with one attached hydrogen (secondary N) is 1. The van der Waals surface area contributed by atoms with Crippen molar-refractivity contribution >= 4 is 12.0 Å². The standard InChI is InChI=1S/C19H25FN6O3/c1-3-29-19(28)21-16-5-4-10-25(12-16)18(27)17(26-13(2)22-23-24-26)11-14-6-8-15(20)9-7-14/h6-9,16-17H,3-5,10-12H2,1-2H3,(H,21,28)/t16-,17-/m1/s1. The van der Waals surface area contributed by atoms with Gasteiger partial charge in [0.25, 0.3) is 0 Å². The van der Waals surface area contributed by atoms with Gasteiger partial charge in [-0.05, 0) is 54.8 Å². The fourth-order valence-electron chi connectivity index (χ4n) is 3.49. The van der Waals surface area contributed by atoms with Crippen LogP contribution in [0.4, 0.5) is 9.18 Å². The molecular weight excluding hydrogens is 379 g/mol. The summed E-state index contributed by atoms with van der Waals surface area (Å²) < 4.78 is 19.7. The van der Waals surface area contributed by atoms with Crippen LogP contribution in [0, 0.1) is 12.7 Å². The number of hydrogen-bond acceptors (Lipinski definition) is 6. The summed E-state index contributed by atoms with van der Waals surface area (Å²) in [5.74, 6) is 0.0443. The van der Waals surface area contributed by atoms with Gasteiger partial charge in [-0.25, -0.2) is 13.9 Å². The highest BCUT2D eigenvalue weighted by Gasteiger charge is 2.32. The number of carbonyl (C=O) groups excluding carboxylic acids is 2. The highest BCUT2D eigenvalue weighted by molar-refractivity contribution is 5.81. The average molecular weight is 404 g/mol. The van der Waals surface area contributed by atoms with Crippen LogP contribution in [-0.4, -0.2) is 62.8 Å². The summed E-state index contributed by atoms with van der Waals surface area (Å²) in [5, 5.41) is 14.3. The van der Waals surface area contributed by atoms with Crippen molar-refractivity contribution in [1.82, 2.24) is 30.4 Å². The molecule has 0 bridgehead atoms.